The zero-order chi connectivity index (χ0) is 20.1. The zero-order valence-corrected chi connectivity index (χ0v) is 17.0. The number of carbonyl (C=O) groups is 1. The summed E-state index contributed by atoms with van der Waals surface area (Å²) >= 11 is 0. The summed E-state index contributed by atoms with van der Waals surface area (Å²) in [5, 5.41) is 0. The van der Waals surface area contributed by atoms with Gasteiger partial charge in [0.15, 0.2) is 0 Å². The van der Waals surface area contributed by atoms with E-state index in [9.17, 15) is 13.2 Å². The summed E-state index contributed by atoms with van der Waals surface area (Å²) in [7, 11) is -2.19. The largest absolute Gasteiger partial charge is 0.495 e. The molecule has 0 aromatic heterocycles. The van der Waals surface area contributed by atoms with Crippen molar-refractivity contribution in [2.24, 2.45) is 0 Å². The van der Waals surface area contributed by atoms with Gasteiger partial charge in [-0.3, -0.25) is 4.79 Å². The molecule has 1 atom stereocenters. The molecule has 0 unspecified atom stereocenters. The number of rotatable bonds is 8. The van der Waals surface area contributed by atoms with Crippen molar-refractivity contribution in [3.05, 3.63) is 54.1 Å². The number of benzene rings is 2. The van der Waals surface area contributed by atoms with Crippen LogP contribution in [0, 0.1) is 0 Å². The second-order valence-electron chi connectivity index (χ2n) is 7.03. The van der Waals surface area contributed by atoms with Crippen LogP contribution < -0.4 is 14.4 Å². The van der Waals surface area contributed by atoms with E-state index >= 15 is 0 Å². The summed E-state index contributed by atoms with van der Waals surface area (Å²) in [6.07, 6.45) is 2.71. The van der Waals surface area contributed by atoms with Crippen molar-refractivity contribution in [3.8, 4) is 5.75 Å². The Morgan fingerprint density at radius 1 is 1.18 bits per heavy atom. The van der Waals surface area contributed by atoms with E-state index < -0.39 is 10.0 Å². The number of amides is 1. The van der Waals surface area contributed by atoms with Crippen LogP contribution in [0.2, 0.25) is 0 Å². The van der Waals surface area contributed by atoms with Gasteiger partial charge in [-0.05, 0) is 49.9 Å². The van der Waals surface area contributed by atoms with Crippen LogP contribution in [0.25, 0.3) is 0 Å². The topological polar surface area (TPSA) is 75.7 Å². The number of methoxy groups -OCH3 is 1. The van der Waals surface area contributed by atoms with Crippen LogP contribution in [0.4, 0.5) is 5.69 Å². The number of sulfonamides is 1. The van der Waals surface area contributed by atoms with Gasteiger partial charge >= 0.3 is 0 Å². The highest BCUT2D eigenvalue weighted by atomic mass is 32.2. The van der Waals surface area contributed by atoms with E-state index in [0.717, 1.165) is 12.8 Å². The first kappa shape index (κ1) is 20.4. The molecule has 1 heterocycles. The molecule has 0 spiro atoms. The first-order valence-corrected chi connectivity index (χ1v) is 10.9. The molecule has 1 amide bonds. The van der Waals surface area contributed by atoms with Crippen LogP contribution in [-0.2, 0) is 21.2 Å². The Kier molecular flexibility index (Phi) is 6.36. The molecule has 0 bridgehead atoms. The number of hydrogen-bond acceptors (Lipinski definition) is 4. The molecule has 2 aromatic carbocycles. The summed E-state index contributed by atoms with van der Waals surface area (Å²) in [6.45, 7) is 2.43. The third-order valence-electron chi connectivity index (χ3n) is 4.89. The van der Waals surface area contributed by atoms with E-state index in [0.29, 0.717) is 30.8 Å². The van der Waals surface area contributed by atoms with Gasteiger partial charge in [-0.15, -0.1) is 0 Å². The minimum Gasteiger partial charge on any atom is -0.495 e. The molecule has 1 fully saturated rings. The molecule has 1 saturated heterocycles. The van der Waals surface area contributed by atoms with E-state index in [4.69, 9.17) is 4.74 Å². The standard InChI is InChI=1S/C21H26N2O4S/c1-16(10-11-17-7-4-3-5-8-17)22-28(25,26)18-12-13-20(27-2)19(15-18)23-14-6-9-21(23)24/h3-5,7-8,12-13,15-16,22H,6,9-11,14H2,1-2H3/t16-/m0/s1. The van der Waals surface area contributed by atoms with Crippen LogP contribution in [0.1, 0.15) is 31.7 Å². The molecule has 2 aromatic rings. The number of carbonyl (C=O) groups excluding carboxylic acids is 1. The summed E-state index contributed by atoms with van der Waals surface area (Å²) in [4.78, 5) is 13.8. The van der Waals surface area contributed by atoms with Crippen molar-refractivity contribution in [3.63, 3.8) is 0 Å². The molecule has 150 valence electrons. The Labute approximate surface area is 166 Å². The van der Waals surface area contributed by atoms with Gasteiger partial charge in [0.2, 0.25) is 15.9 Å². The average Bonchev–Trinajstić information content (AvgIpc) is 3.12. The number of ether oxygens (including phenoxy) is 1. The maximum Gasteiger partial charge on any atom is 0.240 e. The maximum absolute atomic E-state index is 12.8. The molecule has 3 rings (SSSR count). The summed E-state index contributed by atoms with van der Waals surface area (Å²) in [5.41, 5.74) is 1.68. The lowest BCUT2D eigenvalue weighted by molar-refractivity contribution is -0.117. The molecule has 7 heteroatoms. The summed E-state index contributed by atoms with van der Waals surface area (Å²) < 4.78 is 33.8. The van der Waals surface area contributed by atoms with Crippen LogP contribution in [0.15, 0.2) is 53.4 Å². The molecule has 1 N–H and O–H groups in total. The normalized spacial score (nSPS) is 15.6. The van der Waals surface area contributed by atoms with Gasteiger partial charge in [-0.1, -0.05) is 30.3 Å². The Morgan fingerprint density at radius 2 is 1.93 bits per heavy atom. The third kappa shape index (κ3) is 4.72. The first-order chi connectivity index (χ1) is 13.4. The molecule has 6 nitrogen and oxygen atoms in total. The minimum absolute atomic E-state index is 0.0166. The number of hydrogen-bond donors (Lipinski definition) is 1. The smallest absolute Gasteiger partial charge is 0.240 e. The lowest BCUT2D eigenvalue weighted by atomic mass is 10.1. The Balaban J connectivity index is 1.74. The van der Waals surface area contributed by atoms with Gasteiger partial charge in [0.25, 0.3) is 0 Å². The highest BCUT2D eigenvalue weighted by molar-refractivity contribution is 7.89. The Morgan fingerprint density at radius 3 is 2.57 bits per heavy atom. The monoisotopic (exact) mass is 402 g/mol. The fourth-order valence-electron chi connectivity index (χ4n) is 3.37. The third-order valence-corrected chi connectivity index (χ3v) is 6.48. The van der Waals surface area contributed by atoms with Crippen LogP contribution in [-0.4, -0.2) is 34.0 Å². The van der Waals surface area contributed by atoms with Gasteiger partial charge in [-0.2, -0.15) is 0 Å². The van der Waals surface area contributed by atoms with Crippen LogP contribution >= 0.6 is 0 Å². The lowest BCUT2D eigenvalue weighted by Crippen LogP contribution is -2.33. The Bertz CT molecular complexity index is 929. The maximum atomic E-state index is 12.8. The fourth-order valence-corrected chi connectivity index (χ4v) is 4.67. The van der Waals surface area contributed by atoms with Crippen molar-refractivity contribution >= 4 is 21.6 Å². The molecule has 1 aliphatic rings. The second kappa shape index (κ2) is 8.75. The van der Waals surface area contributed by atoms with E-state index in [1.54, 1.807) is 11.0 Å². The van der Waals surface area contributed by atoms with Crippen molar-refractivity contribution in [1.29, 1.82) is 0 Å². The molecule has 0 saturated carbocycles. The van der Waals surface area contributed by atoms with Crippen LogP contribution in [0.5, 0.6) is 5.75 Å². The number of anilines is 1. The van der Waals surface area contributed by atoms with Crippen molar-refractivity contribution in [2.75, 3.05) is 18.6 Å². The predicted molar refractivity (Wildman–Crippen MR) is 109 cm³/mol. The minimum atomic E-state index is -3.70. The predicted octanol–water partition coefficient (Wildman–Crippen LogP) is 3.12. The van der Waals surface area contributed by atoms with Crippen molar-refractivity contribution in [2.45, 2.75) is 43.5 Å². The van der Waals surface area contributed by atoms with Gasteiger partial charge < -0.3 is 9.64 Å². The SMILES string of the molecule is COc1ccc(S(=O)(=O)N[C@@H](C)CCc2ccccc2)cc1N1CCCC1=O. The molecular formula is C21H26N2O4S. The zero-order valence-electron chi connectivity index (χ0n) is 16.2. The lowest BCUT2D eigenvalue weighted by Gasteiger charge is -2.20. The highest BCUT2D eigenvalue weighted by Crippen LogP contribution is 2.33. The average molecular weight is 403 g/mol. The quantitative estimate of drug-likeness (QED) is 0.736. The Hall–Kier alpha value is -2.38. The molecule has 28 heavy (non-hydrogen) atoms. The summed E-state index contributed by atoms with van der Waals surface area (Å²) in [6, 6.07) is 14.4. The molecule has 0 radical (unpaired) electrons. The van der Waals surface area contributed by atoms with Gasteiger partial charge in [-0.25, -0.2) is 13.1 Å². The fraction of sp³-hybridized carbons (Fsp3) is 0.381. The summed E-state index contributed by atoms with van der Waals surface area (Å²) in [5.74, 6) is 0.475. The second-order valence-corrected chi connectivity index (χ2v) is 8.74. The van der Waals surface area contributed by atoms with Crippen molar-refractivity contribution < 1.29 is 17.9 Å². The van der Waals surface area contributed by atoms with Gasteiger partial charge in [0.1, 0.15) is 5.75 Å². The van der Waals surface area contributed by atoms with E-state index in [-0.39, 0.29) is 16.8 Å². The van der Waals surface area contributed by atoms with Gasteiger partial charge in [0.05, 0.1) is 17.7 Å². The number of nitrogens with zero attached hydrogens (tertiary/aromatic N) is 1. The first-order valence-electron chi connectivity index (χ1n) is 9.45. The van der Waals surface area contributed by atoms with Gasteiger partial charge in [0, 0.05) is 19.0 Å². The van der Waals surface area contributed by atoms with E-state index in [1.807, 2.05) is 37.3 Å². The van der Waals surface area contributed by atoms with E-state index in [2.05, 4.69) is 4.72 Å². The number of aryl methyl sites for hydroxylation is 1. The van der Waals surface area contributed by atoms with Crippen LogP contribution in [0.3, 0.4) is 0 Å². The van der Waals surface area contributed by atoms with E-state index in [1.165, 1.54) is 24.8 Å². The molecular weight excluding hydrogens is 376 g/mol. The number of nitrogens with one attached hydrogen (secondary N) is 1. The molecule has 0 aliphatic carbocycles. The highest BCUT2D eigenvalue weighted by Gasteiger charge is 2.27. The van der Waals surface area contributed by atoms with Crippen molar-refractivity contribution in [1.82, 2.24) is 4.72 Å². The molecule has 1 aliphatic heterocycles.